The van der Waals surface area contributed by atoms with Crippen LogP contribution in [0.4, 0.5) is 0 Å². The largest absolute Gasteiger partial charge is 0.467 e. The number of Topliss-reactive ketones (excluding diaryl/α,β-unsaturated/α-hetero) is 1. The zero-order chi connectivity index (χ0) is 16.5. The summed E-state index contributed by atoms with van der Waals surface area (Å²) in [7, 11) is 0. The van der Waals surface area contributed by atoms with E-state index in [-0.39, 0.29) is 29.6 Å². The summed E-state index contributed by atoms with van der Waals surface area (Å²) in [5.74, 6) is 0.190. The highest BCUT2D eigenvalue weighted by Gasteiger charge is 2.35. The maximum atomic E-state index is 12.5. The third-order valence-electron chi connectivity index (χ3n) is 4.23. The van der Waals surface area contributed by atoms with Crippen LogP contribution in [0.15, 0.2) is 6.20 Å². The molecule has 1 aromatic rings. The van der Waals surface area contributed by atoms with Crippen molar-refractivity contribution in [3.05, 3.63) is 28.0 Å². The predicted molar refractivity (Wildman–Crippen MR) is 85.3 cm³/mol. The molecular weight excluding hydrogens is 302 g/mol. The molecule has 1 aliphatic carbocycles. The minimum Gasteiger partial charge on any atom is -0.467 e. The summed E-state index contributed by atoms with van der Waals surface area (Å²) in [4.78, 5) is 27.4. The smallest absolute Gasteiger partial charge is 0.293 e. The summed E-state index contributed by atoms with van der Waals surface area (Å²) < 4.78 is 4.92. The summed E-state index contributed by atoms with van der Waals surface area (Å²) in [5.41, 5.74) is 2.02. The van der Waals surface area contributed by atoms with Crippen molar-refractivity contribution in [1.82, 2.24) is 4.98 Å². The number of aromatic nitrogens is 1. The van der Waals surface area contributed by atoms with Gasteiger partial charge in [-0.05, 0) is 23.3 Å². The van der Waals surface area contributed by atoms with Crippen LogP contribution in [0.25, 0.3) is 0 Å². The van der Waals surface area contributed by atoms with Crippen LogP contribution in [0, 0.1) is 11.3 Å². The molecular formula is C17H22ClNO3. The summed E-state index contributed by atoms with van der Waals surface area (Å²) in [6.07, 6.45) is 2.95. The number of fused-ring (bicyclic) bond motifs is 1. The molecule has 120 valence electrons. The summed E-state index contributed by atoms with van der Waals surface area (Å²) >= 11 is 6.53. The first kappa shape index (κ1) is 16.9. The zero-order valence-electron chi connectivity index (χ0n) is 13.5. The summed E-state index contributed by atoms with van der Waals surface area (Å²) in [5, 5.41) is 0.471. The lowest BCUT2D eigenvalue weighted by atomic mass is 9.75. The van der Waals surface area contributed by atoms with E-state index in [0.717, 1.165) is 17.7 Å². The first-order valence-corrected chi connectivity index (χ1v) is 7.90. The molecule has 0 saturated carbocycles. The number of carbonyl (C=O) groups excluding carboxylic acids is 2. The van der Waals surface area contributed by atoms with E-state index in [1.54, 1.807) is 6.20 Å². The highest BCUT2D eigenvalue weighted by molar-refractivity contribution is 6.35. The number of hydrogen-bond acceptors (Lipinski definition) is 4. The molecule has 1 aliphatic rings. The van der Waals surface area contributed by atoms with Crippen LogP contribution in [0.5, 0.6) is 0 Å². The number of ketones is 1. The van der Waals surface area contributed by atoms with E-state index >= 15 is 0 Å². The molecule has 4 nitrogen and oxygen atoms in total. The van der Waals surface area contributed by atoms with Crippen molar-refractivity contribution in [1.29, 1.82) is 0 Å². The number of ether oxygens (including phenoxy) is 1. The van der Waals surface area contributed by atoms with Crippen molar-refractivity contribution in [2.75, 3.05) is 6.61 Å². The van der Waals surface area contributed by atoms with Gasteiger partial charge in [-0.3, -0.25) is 14.6 Å². The average Bonchev–Trinajstić information content (AvgIpc) is 2.39. The normalized spacial score (nSPS) is 18.0. The molecule has 0 aliphatic heterocycles. The molecule has 0 bridgehead atoms. The second-order valence-corrected chi connectivity index (χ2v) is 7.45. The second kappa shape index (κ2) is 6.37. The van der Waals surface area contributed by atoms with Crippen molar-refractivity contribution in [3.63, 3.8) is 0 Å². The third-order valence-corrected chi connectivity index (χ3v) is 4.64. The second-order valence-electron chi connectivity index (χ2n) is 7.07. The topological polar surface area (TPSA) is 56.3 Å². The van der Waals surface area contributed by atoms with Gasteiger partial charge in [-0.25, -0.2) is 0 Å². The Balaban J connectivity index is 2.46. The van der Waals surface area contributed by atoms with Gasteiger partial charge < -0.3 is 4.74 Å². The fourth-order valence-electron chi connectivity index (χ4n) is 3.04. The van der Waals surface area contributed by atoms with Gasteiger partial charge in [-0.15, -0.1) is 0 Å². The van der Waals surface area contributed by atoms with Gasteiger partial charge in [-0.2, -0.15) is 0 Å². The van der Waals surface area contributed by atoms with Crippen LogP contribution >= 0.6 is 11.6 Å². The fourth-order valence-corrected chi connectivity index (χ4v) is 3.44. The minimum absolute atomic E-state index is 0.0458. The Labute approximate surface area is 136 Å². The number of nitrogens with zero attached hydrogens (tertiary/aromatic N) is 1. The lowest BCUT2D eigenvalue weighted by molar-refractivity contribution is -0.129. The van der Waals surface area contributed by atoms with Gasteiger partial charge in [0.2, 0.25) is 0 Å². The molecule has 0 N–H and O–H groups in total. The Morgan fingerprint density at radius 1 is 1.41 bits per heavy atom. The maximum absolute atomic E-state index is 12.5. The van der Waals surface area contributed by atoms with Crippen LogP contribution in [-0.2, 0) is 16.0 Å². The van der Waals surface area contributed by atoms with Gasteiger partial charge in [0.25, 0.3) is 6.47 Å². The highest BCUT2D eigenvalue weighted by atomic mass is 35.5. The molecule has 2 rings (SSSR count). The minimum atomic E-state index is -0.0833. The lowest BCUT2D eigenvalue weighted by Gasteiger charge is -2.31. The van der Waals surface area contributed by atoms with Crippen LogP contribution in [-0.4, -0.2) is 23.8 Å². The van der Waals surface area contributed by atoms with E-state index < -0.39 is 0 Å². The van der Waals surface area contributed by atoms with Crippen LogP contribution in [0.1, 0.15) is 61.6 Å². The molecule has 0 aromatic carbocycles. The number of carbonyl (C=O) groups is 2. The van der Waals surface area contributed by atoms with E-state index in [1.807, 2.05) is 13.8 Å². The summed E-state index contributed by atoms with van der Waals surface area (Å²) in [6, 6.07) is 0. The first-order valence-electron chi connectivity index (χ1n) is 7.52. The standard InChI is InChI=1S/C17H22ClNO3/c1-10(2)12(8-22-9-20)11-7-19-13-5-17(3,4)6-14(21)15(13)16(11)18/h7,9-10,12H,5-6,8H2,1-4H3. The maximum Gasteiger partial charge on any atom is 0.293 e. The monoisotopic (exact) mass is 323 g/mol. The van der Waals surface area contributed by atoms with Crippen molar-refractivity contribution in [3.8, 4) is 0 Å². The Morgan fingerprint density at radius 2 is 2.09 bits per heavy atom. The number of halogens is 1. The molecule has 0 amide bonds. The molecule has 0 radical (unpaired) electrons. The lowest BCUT2D eigenvalue weighted by Crippen LogP contribution is -2.29. The predicted octanol–water partition coefficient (Wildman–Crippen LogP) is 3.80. The molecule has 1 aromatic heterocycles. The molecule has 0 saturated heterocycles. The van der Waals surface area contributed by atoms with Gasteiger partial charge in [-0.1, -0.05) is 39.3 Å². The molecule has 1 atom stereocenters. The molecule has 5 heteroatoms. The number of hydrogen-bond donors (Lipinski definition) is 0. The highest BCUT2D eigenvalue weighted by Crippen LogP contribution is 2.40. The Bertz CT molecular complexity index is 596. The van der Waals surface area contributed by atoms with Crippen molar-refractivity contribution in [2.24, 2.45) is 11.3 Å². The van der Waals surface area contributed by atoms with Crippen molar-refractivity contribution >= 4 is 23.9 Å². The van der Waals surface area contributed by atoms with Gasteiger partial charge in [0.1, 0.15) is 0 Å². The summed E-state index contributed by atoms with van der Waals surface area (Å²) in [6.45, 7) is 8.85. The van der Waals surface area contributed by atoms with Crippen molar-refractivity contribution in [2.45, 2.75) is 46.5 Å². The number of pyridine rings is 1. The fraction of sp³-hybridized carbons (Fsp3) is 0.588. The van der Waals surface area contributed by atoms with E-state index in [1.165, 1.54) is 0 Å². The molecule has 1 unspecified atom stereocenters. The van der Waals surface area contributed by atoms with Crippen LogP contribution < -0.4 is 0 Å². The molecule has 22 heavy (non-hydrogen) atoms. The Hall–Kier alpha value is -1.42. The van der Waals surface area contributed by atoms with Gasteiger partial charge in [0.15, 0.2) is 5.78 Å². The van der Waals surface area contributed by atoms with E-state index in [4.69, 9.17) is 16.3 Å². The van der Waals surface area contributed by atoms with E-state index in [9.17, 15) is 9.59 Å². The van der Waals surface area contributed by atoms with Crippen molar-refractivity contribution < 1.29 is 14.3 Å². The quantitative estimate of drug-likeness (QED) is 0.773. The van der Waals surface area contributed by atoms with Gasteiger partial charge in [0, 0.05) is 18.5 Å². The van der Waals surface area contributed by atoms with Gasteiger partial charge in [0.05, 0.1) is 22.9 Å². The third kappa shape index (κ3) is 3.32. The van der Waals surface area contributed by atoms with Gasteiger partial charge >= 0.3 is 0 Å². The molecule has 0 spiro atoms. The Morgan fingerprint density at radius 3 is 2.68 bits per heavy atom. The van der Waals surface area contributed by atoms with E-state index in [0.29, 0.717) is 23.5 Å². The first-order chi connectivity index (χ1) is 10.3. The van der Waals surface area contributed by atoms with E-state index in [2.05, 4.69) is 18.8 Å². The SMILES string of the molecule is CC(C)C(COC=O)c1cnc2c(c1Cl)C(=O)CC(C)(C)C2. The molecule has 0 fully saturated rings. The molecule has 1 heterocycles. The average molecular weight is 324 g/mol. The van der Waals surface area contributed by atoms with Crippen LogP contribution in [0.3, 0.4) is 0 Å². The number of rotatable bonds is 5. The zero-order valence-corrected chi connectivity index (χ0v) is 14.2. The Kier molecular flexibility index (Phi) is 4.90. The van der Waals surface area contributed by atoms with Crippen LogP contribution in [0.2, 0.25) is 5.02 Å².